The number of nitriles is 1. The Morgan fingerprint density at radius 1 is 1.24 bits per heavy atom. The molecule has 1 aromatic carbocycles. The third kappa shape index (κ3) is 7.50. The van der Waals surface area contributed by atoms with Gasteiger partial charge in [0.1, 0.15) is 6.61 Å². The molecule has 1 spiro atoms. The van der Waals surface area contributed by atoms with Crippen molar-refractivity contribution in [3.8, 4) is 6.07 Å². The van der Waals surface area contributed by atoms with Gasteiger partial charge in [-0.3, -0.25) is 9.59 Å². The van der Waals surface area contributed by atoms with E-state index in [1.807, 2.05) is 32.0 Å². The first-order valence-corrected chi connectivity index (χ1v) is 14.4. The number of hydrogen-bond donors (Lipinski definition) is 2. The lowest BCUT2D eigenvalue weighted by atomic mass is 9.82. The molecule has 1 unspecified atom stereocenters. The highest BCUT2D eigenvalue weighted by Gasteiger charge is 2.52. The fourth-order valence-corrected chi connectivity index (χ4v) is 6.20. The number of alkyl carbamates (subject to hydrolysis) is 1. The Hall–Kier alpha value is -2.59. The minimum Gasteiger partial charge on any atom is -0.449 e. The Bertz CT molecular complexity index is 1070. The monoisotopic (exact) mass is 541 g/mol. The summed E-state index contributed by atoms with van der Waals surface area (Å²) in [5, 5.41) is 16.3. The zero-order valence-corrected chi connectivity index (χ0v) is 23.3. The molecule has 3 atom stereocenters. The number of hydrogen-bond acceptors (Lipinski definition) is 5. The van der Waals surface area contributed by atoms with Crippen molar-refractivity contribution in [2.45, 2.75) is 101 Å². The summed E-state index contributed by atoms with van der Waals surface area (Å²) in [6, 6.07) is 9.01. The number of halogens is 1. The van der Waals surface area contributed by atoms with Gasteiger partial charge in [0.25, 0.3) is 0 Å². The molecule has 8 heteroatoms. The topological polar surface area (TPSA) is 108 Å². The van der Waals surface area contributed by atoms with Crippen LogP contribution in [0.2, 0.25) is 5.02 Å². The number of amides is 2. The van der Waals surface area contributed by atoms with Crippen molar-refractivity contribution in [3.05, 3.63) is 34.9 Å². The molecule has 1 heterocycles. The first-order chi connectivity index (χ1) is 18.1. The van der Waals surface area contributed by atoms with Crippen LogP contribution in [-0.2, 0) is 19.7 Å². The van der Waals surface area contributed by atoms with Gasteiger partial charge in [0.2, 0.25) is 5.91 Å². The summed E-state index contributed by atoms with van der Waals surface area (Å²) in [6.07, 6.45) is 8.59. The highest BCUT2D eigenvalue weighted by Crippen LogP contribution is 2.46. The highest BCUT2D eigenvalue weighted by atomic mass is 35.5. The number of benzene rings is 1. The van der Waals surface area contributed by atoms with Gasteiger partial charge in [-0.05, 0) is 55.7 Å². The van der Waals surface area contributed by atoms with E-state index in [-0.39, 0.29) is 36.2 Å². The summed E-state index contributed by atoms with van der Waals surface area (Å²) in [4.78, 5) is 38.7. The fourth-order valence-electron chi connectivity index (χ4n) is 6.01. The van der Waals surface area contributed by atoms with Gasteiger partial charge in [-0.15, -0.1) is 0 Å². The SMILES string of the molecule is CC(C)(COC(=O)N[C@@H](CC1CCCCC1)C(=O)C[C@H](C#N)CC1CC2(CC2)NC1=O)c1cccc(Cl)c1. The lowest BCUT2D eigenvalue weighted by Gasteiger charge is -2.28. The molecule has 0 bridgehead atoms. The van der Waals surface area contributed by atoms with E-state index in [0.717, 1.165) is 50.5 Å². The van der Waals surface area contributed by atoms with Crippen LogP contribution in [0, 0.1) is 29.1 Å². The minimum atomic E-state index is -0.706. The highest BCUT2D eigenvalue weighted by molar-refractivity contribution is 6.30. The Balaban J connectivity index is 1.36. The van der Waals surface area contributed by atoms with Gasteiger partial charge in [-0.2, -0.15) is 5.26 Å². The number of ether oxygens (including phenoxy) is 1. The number of Topliss-reactive ketones (excluding diaryl/α,β-unsaturated/α-hetero) is 1. The predicted octanol–water partition coefficient (Wildman–Crippen LogP) is 5.84. The van der Waals surface area contributed by atoms with E-state index in [2.05, 4.69) is 16.7 Å². The van der Waals surface area contributed by atoms with Crippen molar-refractivity contribution in [1.29, 1.82) is 5.26 Å². The van der Waals surface area contributed by atoms with Crippen LogP contribution in [0.1, 0.15) is 90.0 Å². The first kappa shape index (κ1) is 28.4. The van der Waals surface area contributed by atoms with Crippen LogP contribution < -0.4 is 10.6 Å². The van der Waals surface area contributed by atoms with Crippen LogP contribution in [0.15, 0.2) is 24.3 Å². The number of carbonyl (C=O) groups excluding carboxylic acids is 3. The van der Waals surface area contributed by atoms with Gasteiger partial charge in [-0.25, -0.2) is 4.79 Å². The summed E-state index contributed by atoms with van der Waals surface area (Å²) in [7, 11) is 0. The van der Waals surface area contributed by atoms with Crippen LogP contribution in [0.25, 0.3) is 0 Å². The summed E-state index contributed by atoms with van der Waals surface area (Å²) < 4.78 is 5.59. The molecule has 0 radical (unpaired) electrons. The molecule has 1 saturated heterocycles. The van der Waals surface area contributed by atoms with Gasteiger partial charge in [0, 0.05) is 28.3 Å². The van der Waals surface area contributed by atoms with E-state index in [1.54, 1.807) is 6.07 Å². The molecule has 0 aromatic heterocycles. The van der Waals surface area contributed by atoms with Crippen molar-refractivity contribution in [1.82, 2.24) is 10.6 Å². The summed E-state index contributed by atoms with van der Waals surface area (Å²) in [5.74, 6) is -0.582. The van der Waals surface area contributed by atoms with E-state index >= 15 is 0 Å². The summed E-state index contributed by atoms with van der Waals surface area (Å²) >= 11 is 6.14. The van der Waals surface area contributed by atoms with E-state index < -0.39 is 23.5 Å². The summed E-state index contributed by atoms with van der Waals surface area (Å²) in [6.45, 7) is 4.07. The standard InChI is InChI=1S/C30H40ClN3O4/c1-29(2,23-9-6-10-24(31)16-23)19-38-28(37)33-25(14-20-7-4-3-5-8-20)26(35)15-21(18-32)13-22-17-30(11-12-30)34-27(22)36/h6,9-10,16,20-22,25H,3-5,7-8,11-15,17,19H2,1-2H3,(H,33,37)(H,34,36)/t21-,22?,25+/m1/s1. The van der Waals surface area contributed by atoms with Gasteiger partial charge in [-0.1, -0.05) is 69.7 Å². The van der Waals surface area contributed by atoms with Crippen LogP contribution in [0.4, 0.5) is 4.79 Å². The van der Waals surface area contributed by atoms with Gasteiger partial charge >= 0.3 is 6.09 Å². The lowest BCUT2D eigenvalue weighted by Crippen LogP contribution is -2.44. The average Bonchev–Trinajstić information content (AvgIpc) is 3.57. The van der Waals surface area contributed by atoms with Crippen LogP contribution >= 0.6 is 11.6 Å². The van der Waals surface area contributed by atoms with Crippen molar-refractivity contribution in [3.63, 3.8) is 0 Å². The number of nitrogens with one attached hydrogen (secondary N) is 2. The molecular formula is C30H40ClN3O4. The maximum Gasteiger partial charge on any atom is 0.407 e. The number of rotatable bonds is 11. The molecule has 38 heavy (non-hydrogen) atoms. The number of nitrogens with zero attached hydrogens (tertiary/aromatic N) is 1. The first-order valence-electron chi connectivity index (χ1n) is 14.0. The van der Waals surface area contributed by atoms with Crippen LogP contribution in [0.3, 0.4) is 0 Å². The van der Waals surface area contributed by atoms with Crippen molar-refractivity contribution in [2.24, 2.45) is 17.8 Å². The third-order valence-corrected chi connectivity index (χ3v) is 8.83. The molecule has 2 saturated carbocycles. The largest absolute Gasteiger partial charge is 0.449 e. The smallest absolute Gasteiger partial charge is 0.407 e. The number of ketones is 1. The number of carbonyl (C=O) groups is 3. The second kappa shape index (κ2) is 12.1. The predicted molar refractivity (Wildman–Crippen MR) is 146 cm³/mol. The van der Waals surface area contributed by atoms with Crippen molar-refractivity contribution in [2.75, 3.05) is 6.61 Å². The zero-order valence-electron chi connectivity index (χ0n) is 22.6. The molecule has 1 aliphatic heterocycles. The van der Waals surface area contributed by atoms with Crippen molar-refractivity contribution >= 4 is 29.4 Å². The normalized spacial score (nSPS) is 22.3. The minimum absolute atomic E-state index is 0.00187. The Kier molecular flexibility index (Phi) is 9.03. The van der Waals surface area contributed by atoms with E-state index in [1.165, 1.54) is 6.42 Å². The van der Waals surface area contributed by atoms with E-state index in [9.17, 15) is 19.6 Å². The van der Waals surface area contributed by atoms with Crippen LogP contribution in [0.5, 0.6) is 0 Å². The van der Waals surface area contributed by atoms with E-state index in [4.69, 9.17) is 16.3 Å². The Morgan fingerprint density at radius 2 is 1.97 bits per heavy atom. The Labute approximate surface area is 231 Å². The second-order valence-electron chi connectivity index (χ2n) is 12.3. The Morgan fingerprint density at radius 3 is 2.61 bits per heavy atom. The molecule has 2 amide bonds. The van der Waals surface area contributed by atoms with E-state index in [0.29, 0.717) is 23.8 Å². The van der Waals surface area contributed by atoms with Gasteiger partial charge < -0.3 is 15.4 Å². The molecule has 7 nitrogen and oxygen atoms in total. The fraction of sp³-hybridized carbons (Fsp3) is 0.667. The third-order valence-electron chi connectivity index (χ3n) is 8.59. The maximum absolute atomic E-state index is 13.4. The molecule has 2 aliphatic carbocycles. The van der Waals surface area contributed by atoms with Crippen molar-refractivity contribution < 1.29 is 19.1 Å². The molecule has 206 valence electrons. The molecule has 2 N–H and O–H groups in total. The van der Waals surface area contributed by atoms with Crippen LogP contribution in [-0.4, -0.2) is 36.0 Å². The summed E-state index contributed by atoms with van der Waals surface area (Å²) in [5.41, 5.74) is 0.436. The molecule has 3 fully saturated rings. The molecule has 4 rings (SSSR count). The maximum atomic E-state index is 13.4. The lowest BCUT2D eigenvalue weighted by molar-refractivity contribution is -0.124. The molecule has 1 aromatic rings. The molecular weight excluding hydrogens is 502 g/mol. The zero-order chi connectivity index (χ0) is 27.3. The second-order valence-corrected chi connectivity index (χ2v) is 12.7. The average molecular weight is 542 g/mol. The quantitative estimate of drug-likeness (QED) is 0.366. The van der Waals surface area contributed by atoms with Gasteiger partial charge in [0.05, 0.1) is 18.0 Å². The molecule has 3 aliphatic rings. The van der Waals surface area contributed by atoms with Gasteiger partial charge in [0.15, 0.2) is 5.78 Å².